The first-order valence-corrected chi connectivity index (χ1v) is 12.4. The molecule has 2 aromatic rings. The van der Waals surface area contributed by atoms with Gasteiger partial charge in [-0.2, -0.15) is 0 Å². The number of nitrogens with one attached hydrogen (secondary N) is 1. The van der Waals surface area contributed by atoms with E-state index < -0.39 is 19.9 Å². The van der Waals surface area contributed by atoms with E-state index in [2.05, 4.69) is 16.9 Å². The molecule has 0 aliphatic heterocycles. The Labute approximate surface area is 161 Å². The van der Waals surface area contributed by atoms with Crippen LogP contribution < -0.4 is 4.72 Å². The van der Waals surface area contributed by atoms with Crippen molar-refractivity contribution in [2.45, 2.75) is 47.8 Å². The summed E-state index contributed by atoms with van der Waals surface area (Å²) in [5.41, 5.74) is 1.46. The highest BCUT2D eigenvalue weighted by molar-refractivity contribution is 7.91. The van der Waals surface area contributed by atoms with E-state index in [4.69, 9.17) is 0 Å². The summed E-state index contributed by atoms with van der Waals surface area (Å²) in [6, 6.07) is 14.2. The molecule has 1 N–H and O–H groups in total. The molecule has 3 rings (SSSR count). The van der Waals surface area contributed by atoms with E-state index in [1.807, 2.05) is 18.2 Å². The van der Waals surface area contributed by atoms with Crippen molar-refractivity contribution in [2.24, 2.45) is 0 Å². The summed E-state index contributed by atoms with van der Waals surface area (Å²) in [6.07, 6.45) is 5.08. The topological polar surface area (TPSA) is 80.3 Å². The van der Waals surface area contributed by atoms with Gasteiger partial charge in [-0.3, -0.25) is 0 Å². The van der Waals surface area contributed by atoms with E-state index in [0.717, 1.165) is 37.5 Å². The van der Waals surface area contributed by atoms with Gasteiger partial charge >= 0.3 is 0 Å². The molecule has 1 saturated carbocycles. The fraction of sp³-hybridized carbons (Fsp3) is 0.400. The zero-order valence-electron chi connectivity index (χ0n) is 15.6. The number of aryl methyl sites for hydroxylation is 1. The van der Waals surface area contributed by atoms with Gasteiger partial charge in [0.2, 0.25) is 10.0 Å². The molecule has 1 aliphatic rings. The summed E-state index contributed by atoms with van der Waals surface area (Å²) >= 11 is 0. The Balaban J connectivity index is 1.91. The second-order valence-electron chi connectivity index (χ2n) is 7.38. The van der Waals surface area contributed by atoms with Gasteiger partial charge in [0.1, 0.15) is 0 Å². The van der Waals surface area contributed by atoms with Crippen molar-refractivity contribution in [1.29, 1.82) is 0 Å². The third-order valence-electron chi connectivity index (χ3n) is 5.42. The van der Waals surface area contributed by atoms with E-state index in [1.54, 1.807) is 6.92 Å². The molecule has 0 heterocycles. The molecule has 146 valence electrons. The van der Waals surface area contributed by atoms with Crippen molar-refractivity contribution in [1.82, 2.24) is 4.72 Å². The Hall–Kier alpha value is -1.70. The van der Waals surface area contributed by atoms with Crippen LogP contribution in [0.2, 0.25) is 0 Å². The van der Waals surface area contributed by atoms with Crippen LogP contribution in [0.1, 0.15) is 36.8 Å². The van der Waals surface area contributed by atoms with E-state index >= 15 is 0 Å². The highest BCUT2D eigenvalue weighted by Crippen LogP contribution is 2.40. The molecule has 0 atom stereocenters. The van der Waals surface area contributed by atoms with Gasteiger partial charge < -0.3 is 0 Å². The second kappa shape index (κ2) is 7.37. The van der Waals surface area contributed by atoms with Gasteiger partial charge in [-0.1, -0.05) is 49.2 Å². The lowest BCUT2D eigenvalue weighted by Crippen LogP contribution is -2.39. The summed E-state index contributed by atoms with van der Waals surface area (Å²) in [6.45, 7) is 1.98. The quantitative estimate of drug-likeness (QED) is 0.797. The van der Waals surface area contributed by atoms with Gasteiger partial charge in [0.05, 0.1) is 9.79 Å². The van der Waals surface area contributed by atoms with Gasteiger partial charge in [0.25, 0.3) is 0 Å². The highest BCUT2D eigenvalue weighted by Gasteiger charge is 2.36. The van der Waals surface area contributed by atoms with Crippen LogP contribution in [-0.2, 0) is 25.3 Å². The SMILES string of the molecule is Cc1ccc(S(C)(=O)=O)cc1S(=O)(=O)NCC1(c2ccccc2)CCCC1. The standard InChI is InChI=1S/C20H25NO4S2/c1-16-10-11-18(26(2,22)23)14-19(16)27(24,25)21-15-20(12-6-7-13-20)17-8-4-3-5-9-17/h3-5,8-11,14,21H,6-7,12-13,15H2,1-2H3. The summed E-state index contributed by atoms with van der Waals surface area (Å²) in [4.78, 5) is 0.0266. The molecule has 2 aromatic carbocycles. The lowest BCUT2D eigenvalue weighted by molar-refractivity contribution is 0.432. The maximum Gasteiger partial charge on any atom is 0.240 e. The van der Waals surface area contributed by atoms with E-state index in [1.165, 1.54) is 18.2 Å². The van der Waals surface area contributed by atoms with Crippen molar-refractivity contribution in [2.75, 3.05) is 12.8 Å². The van der Waals surface area contributed by atoms with Crippen molar-refractivity contribution in [3.63, 3.8) is 0 Å². The minimum absolute atomic E-state index is 0.00659. The van der Waals surface area contributed by atoms with Crippen LogP contribution >= 0.6 is 0 Å². The first-order valence-electron chi connectivity index (χ1n) is 9.00. The third-order valence-corrected chi connectivity index (χ3v) is 8.08. The van der Waals surface area contributed by atoms with Crippen LogP contribution in [0.3, 0.4) is 0 Å². The molecule has 0 radical (unpaired) electrons. The van der Waals surface area contributed by atoms with Crippen LogP contribution in [0.4, 0.5) is 0 Å². The average molecular weight is 408 g/mol. The van der Waals surface area contributed by atoms with Crippen molar-refractivity contribution in [3.8, 4) is 0 Å². The predicted octanol–water partition coefficient (Wildman–Crippen LogP) is 3.19. The number of rotatable bonds is 6. The van der Waals surface area contributed by atoms with Gasteiger partial charge in [0, 0.05) is 18.2 Å². The van der Waals surface area contributed by atoms with Crippen molar-refractivity contribution < 1.29 is 16.8 Å². The van der Waals surface area contributed by atoms with Crippen LogP contribution in [0.15, 0.2) is 58.3 Å². The largest absolute Gasteiger partial charge is 0.240 e. The van der Waals surface area contributed by atoms with Gasteiger partial charge in [-0.15, -0.1) is 0 Å². The summed E-state index contributed by atoms with van der Waals surface area (Å²) in [5.74, 6) is 0. The minimum atomic E-state index is -3.82. The summed E-state index contributed by atoms with van der Waals surface area (Å²) in [5, 5.41) is 0. The predicted molar refractivity (Wildman–Crippen MR) is 106 cm³/mol. The molecule has 0 amide bonds. The molecule has 5 nitrogen and oxygen atoms in total. The molecular weight excluding hydrogens is 382 g/mol. The minimum Gasteiger partial charge on any atom is -0.224 e. The molecule has 27 heavy (non-hydrogen) atoms. The van der Waals surface area contributed by atoms with Crippen LogP contribution in [0, 0.1) is 6.92 Å². The fourth-order valence-corrected chi connectivity index (χ4v) is 5.94. The Morgan fingerprint density at radius 2 is 1.59 bits per heavy atom. The zero-order valence-corrected chi connectivity index (χ0v) is 17.2. The molecule has 1 aliphatic carbocycles. The first-order chi connectivity index (χ1) is 12.6. The smallest absolute Gasteiger partial charge is 0.224 e. The zero-order chi connectivity index (χ0) is 19.7. The molecule has 0 saturated heterocycles. The lowest BCUT2D eigenvalue weighted by atomic mass is 9.79. The van der Waals surface area contributed by atoms with E-state index in [0.29, 0.717) is 12.1 Å². The number of benzene rings is 2. The summed E-state index contributed by atoms with van der Waals surface area (Å²) < 4.78 is 52.3. The average Bonchev–Trinajstić information content (AvgIpc) is 3.10. The Bertz CT molecular complexity index is 1020. The maximum absolute atomic E-state index is 13.0. The molecule has 7 heteroatoms. The Kier molecular flexibility index (Phi) is 5.47. The number of hydrogen-bond donors (Lipinski definition) is 1. The van der Waals surface area contributed by atoms with Gasteiger partial charge in [0.15, 0.2) is 9.84 Å². The van der Waals surface area contributed by atoms with Crippen molar-refractivity contribution in [3.05, 3.63) is 59.7 Å². The van der Waals surface area contributed by atoms with Gasteiger partial charge in [-0.05, 0) is 43.0 Å². The molecule has 0 bridgehead atoms. The molecule has 0 aromatic heterocycles. The molecule has 1 fully saturated rings. The first kappa shape index (κ1) is 20.0. The number of sulfonamides is 1. The summed E-state index contributed by atoms with van der Waals surface area (Å²) in [7, 11) is -7.30. The van der Waals surface area contributed by atoms with Crippen LogP contribution in [0.5, 0.6) is 0 Å². The van der Waals surface area contributed by atoms with Crippen molar-refractivity contribution >= 4 is 19.9 Å². The lowest BCUT2D eigenvalue weighted by Gasteiger charge is -2.30. The van der Waals surface area contributed by atoms with E-state index in [-0.39, 0.29) is 15.2 Å². The van der Waals surface area contributed by atoms with E-state index in [9.17, 15) is 16.8 Å². The third kappa shape index (κ3) is 4.25. The Morgan fingerprint density at radius 3 is 2.19 bits per heavy atom. The molecule has 0 spiro atoms. The molecule has 0 unspecified atom stereocenters. The maximum atomic E-state index is 13.0. The Morgan fingerprint density at radius 1 is 0.963 bits per heavy atom. The highest BCUT2D eigenvalue weighted by atomic mass is 32.2. The van der Waals surface area contributed by atoms with Gasteiger partial charge in [-0.25, -0.2) is 21.6 Å². The van der Waals surface area contributed by atoms with Crippen LogP contribution in [0.25, 0.3) is 0 Å². The van der Waals surface area contributed by atoms with Crippen LogP contribution in [-0.4, -0.2) is 29.6 Å². The monoisotopic (exact) mass is 407 g/mol. The fourth-order valence-electron chi connectivity index (χ4n) is 3.82. The molecular formula is C20H25NO4S2. The number of sulfone groups is 1. The number of hydrogen-bond acceptors (Lipinski definition) is 4. The normalized spacial score (nSPS) is 17.1. The second-order valence-corrected chi connectivity index (χ2v) is 11.1.